The first kappa shape index (κ1) is 10.8. The Kier molecular flexibility index (Phi) is 4.19. The van der Waals surface area contributed by atoms with E-state index in [0.29, 0.717) is 0 Å². The monoisotopic (exact) mass is 209 g/mol. The van der Waals surface area contributed by atoms with Gasteiger partial charge in [0.25, 0.3) is 0 Å². The van der Waals surface area contributed by atoms with Crippen molar-refractivity contribution >= 4 is 23.0 Å². The first-order valence-corrected chi connectivity index (χ1v) is 4.97. The predicted molar refractivity (Wildman–Crippen MR) is 64.2 cm³/mol. The molecule has 0 fully saturated rings. The molecule has 14 heavy (non-hydrogen) atoms. The molecule has 0 radical (unpaired) electrons. The van der Waals surface area contributed by atoms with E-state index in [-0.39, 0.29) is 5.11 Å². The Morgan fingerprint density at radius 1 is 1.29 bits per heavy atom. The topological polar surface area (TPSA) is 64.1 Å². The smallest absolute Gasteiger partial charge is 0.160 e. The van der Waals surface area contributed by atoms with Gasteiger partial charge in [0.2, 0.25) is 0 Å². The van der Waals surface area contributed by atoms with Gasteiger partial charge in [0.05, 0.1) is 0 Å². The summed E-state index contributed by atoms with van der Waals surface area (Å²) in [6, 6.07) is 8.53. The summed E-state index contributed by atoms with van der Waals surface area (Å²) in [5, 5.41) is 3.36. The molecule has 0 spiro atoms. The number of hydrogen-bond donors (Lipinski definition) is 3. The lowest BCUT2D eigenvalue weighted by Crippen LogP contribution is -2.18. The van der Waals surface area contributed by atoms with E-state index < -0.39 is 0 Å². The average Bonchev–Trinajstić information content (AvgIpc) is 2.17. The van der Waals surface area contributed by atoms with Gasteiger partial charge < -0.3 is 16.8 Å². The highest BCUT2D eigenvalue weighted by Gasteiger charge is 2.04. The highest BCUT2D eigenvalue weighted by Crippen LogP contribution is 2.19. The summed E-state index contributed by atoms with van der Waals surface area (Å²) >= 11 is 4.09. The lowest BCUT2D eigenvalue weighted by molar-refractivity contribution is 0.830. The summed E-state index contributed by atoms with van der Waals surface area (Å²) in [5.41, 5.74) is 12.0. The SMILES string of the molecule is NC(N)=S.c1ccc2c(c1)CCCN2. The van der Waals surface area contributed by atoms with Gasteiger partial charge in [-0.15, -0.1) is 0 Å². The van der Waals surface area contributed by atoms with Crippen molar-refractivity contribution in [3.63, 3.8) is 0 Å². The number of aryl methyl sites for hydroxylation is 1. The minimum absolute atomic E-state index is 0.000000000000000222. The number of thiocarbonyl (C=S) groups is 1. The van der Waals surface area contributed by atoms with Crippen LogP contribution in [0.2, 0.25) is 0 Å². The van der Waals surface area contributed by atoms with Gasteiger partial charge in [0.1, 0.15) is 0 Å². The summed E-state index contributed by atoms with van der Waals surface area (Å²) in [5.74, 6) is 0. The third-order valence-corrected chi connectivity index (χ3v) is 1.96. The van der Waals surface area contributed by atoms with Crippen molar-refractivity contribution in [1.29, 1.82) is 0 Å². The molecule has 0 unspecified atom stereocenters. The largest absolute Gasteiger partial charge is 0.385 e. The molecule has 0 aromatic heterocycles. The van der Waals surface area contributed by atoms with Crippen LogP contribution in [0.3, 0.4) is 0 Å². The number of anilines is 1. The van der Waals surface area contributed by atoms with Crippen molar-refractivity contribution in [3.8, 4) is 0 Å². The van der Waals surface area contributed by atoms with Gasteiger partial charge in [-0.25, -0.2) is 0 Å². The number of nitrogens with one attached hydrogen (secondary N) is 1. The van der Waals surface area contributed by atoms with Crippen LogP contribution >= 0.6 is 12.2 Å². The van der Waals surface area contributed by atoms with Crippen LogP contribution in [0, 0.1) is 0 Å². The quantitative estimate of drug-likeness (QED) is 0.562. The number of rotatable bonds is 0. The molecule has 2 rings (SSSR count). The fourth-order valence-electron chi connectivity index (χ4n) is 1.41. The van der Waals surface area contributed by atoms with Crippen molar-refractivity contribution in [1.82, 2.24) is 0 Å². The molecule has 5 N–H and O–H groups in total. The van der Waals surface area contributed by atoms with Crippen LogP contribution in [-0.4, -0.2) is 11.7 Å². The van der Waals surface area contributed by atoms with Crippen molar-refractivity contribution in [2.75, 3.05) is 11.9 Å². The Hall–Kier alpha value is -1.29. The van der Waals surface area contributed by atoms with E-state index in [9.17, 15) is 0 Å². The Balaban J connectivity index is 0.000000213. The molecule has 76 valence electrons. The second-order valence-corrected chi connectivity index (χ2v) is 3.56. The van der Waals surface area contributed by atoms with E-state index in [4.69, 9.17) is 0 Å². The minimum atomic E-state index is 0.000000000000000222. The van der Waals surface area contributed by atoms with E-state index in [0.717, 1.165) is 6.54 Å². The minimum Gasteiger partial charge on any atom is -0.385 e. The van der Waals surface area contributed by atoms with Gasteiger partial charge >= 0.3 is 0 Å². The summed E-state index contributed by atoms with van der Waals surface area (Å²) in [6.07, 6.45) is 2.51. The van der Waals surface area contributed by atoms with Crippen molar-refractivity contribution in [3.05, 3.63) is 29.8 Å². The molecule has 0 saturated carbocycles. The highest BCUT2D eigenvalue weighted by atomic mass is 32.1. The summed E-state index contributed by atoms with van der Waals surface area (Å²) in [7, 11) is 0. The first-order chi connectivity index (χ1) is 6.70. The number of benzene rings is 1. The van der Waals surface area contributed by atoms with E-state index in [1.807, 2.05) is 0 Å². The highest BCUT2D eigenvalue weighted by molar-refractivity contribution is 7.80. The van der Waals surface area contributed by atoms with Crippen LogP contribution in [0.25, 0.3) is 0 Å². The zero-order chi connectivity index (χ0) is 10.4. The molecule has 0 bridgehead atoms. The standard InChI is InChI=1S/C9H11N.CH4N2S/c1-2-6-9-8(4-1)5-3-7-10-9;2-1(3)4/h1-2,4,6,10H,3,5,7H2;(H4,2,3,4). The maximum absolute atomic E-state index is 4.62. The Bertz CT molecular complexity index is 283. The van der Waals surface area contributed by atoms with Crippen molar-refractivity contribution in [2.24, 2.45) is 11.5 Å². The molecular weight excluding hydrogens is 194 g/mol. The lowest BCUT2D eigenvalue weighted by Gasteiger charge is -2.16. The van der Waals surface area contributed by atoms with Crippen LogP contribution in [0.4, 0.5) is 5.69 Å². The van der Waals surface area contributed by atoms with E-state index in [1.165, 1.54) is 24.1 Å². The van der Waals surface area contributed by atoms with Crippen LogP contribution in [0.15, 0.2) is 24.3 Å². The summed E-state index contributed by atoms with van der Waals surface area (Å²) in [6.45, 7) is 1.14. The number of para-hydroxylation sites is 1. The zero-order valence-corrected chi connectivity index (χ0v) is 8.81. The number of fused-ring (bicyclic) bond motifs is 1. The van der Waals surface area contributed by atoms with Crippen molar-refractivity contribution in [2.45, 2.75) is 12.8 Å². The van der Waals surface area contributed by atoms with Gasteiger partial charge in [-0.3, -0.25) is 0 Å². The molecule has 1 aliphatic heterocycles. The molecule has 0 aliphatic carbocycles. The summed E-state index contributed by atoms with van der Waals surface area (Å²) in [4.78, 5) is 0. The summed E-state index contributed by atoms with van der Waals surface area (Å²) < 4.78 is 0. The van der Waals surface area contributed by atoms with Crippen molar-refractivity contribution < 1.29 is 0 Å². The third kappa shape index (κ3) is 3.62. The lowest BCUT2D eigenvalue weighted by atomic mass is 10.0. The Morgan fingerprint density at radius 2 is 1.93 bits per heavy atom. The molecule has 1 aromatic carbocycles. The molecule has 1 aliphatic rings. The van der Waals surface area contributed by atoms with E-state index in [1.54, 1.807) is 0 Å². The third-order valence-electron chi connectivity index (χ3n) is 1.96. The van der Waals surface area contributed by atoms with Gasteiger partial charge in [-0.2, -0.15) is 0 Å². The van der Waals surface area contributed by atoms with Crippen LogP contribution < -0.4 is 16.8 Å². The molecule has 0 atom stereocenters. The van der Waals surface area contributed by atoms with Gasteiger partial charge in [0.15, 0.2) is 5.11 Å². The molecule has 1 aromatic rings. The molecule has 0 amide bonds. The first-order valence-electron chi connectivity index (χ1n) is 4.57. The maximum Gasteiger partial charge on any atom is 0.160 e. The molecule has 0 saturated heterocycles. The fourth-order valence-corrected chi connectivity index (χ4v) is 1.41. The van der Waals surface area contributed by atoms with Crippen LogP contribution in [-0.2, 0) is 6.42 Å². The molecular formula is C10H15N3S. The predicted octanol–water partition coefficient (Wildman–Crippen LogP) is 1.23. The molecule has 3 nitrogen and oxygen atoms in total. The fraction of sp³-hybridized carbons (Fsp3) is 0.300. The number of nitrogens with two attached hydrogens (primary N) is 2. The van der Waals surface area contributed by atoms with Gasteiger partial charge in [0, 0.05) is 12.2 Å². The van der Waals surface area contributed by atoms with Gasteiger partial charge in [-0.05, 0) is 36.7 Å². The van der Waals surface area contributed by atoms with Crippen LogP contribution in [0.5, 0.6) is 0 Å². The van der Waals surface area contributed by atoms with Crippen LogP contribution in [0.1, 0.15) is 12.0 Å². The molecule has 4 heteroatoms. The second kappa shape index (κ2) is 5.44. The Labute approximate surface area is 89.5 Å². The van der Waals surface area contributed by atoms with E-state index >= 15 is 0 Å². The number of hydrogen-bond acceptors (Lipinski definition) is 2. The zero-order valence-electron chi connectivity index (χ0n) is 7.99. The second-order valence-electron chi connectivity index (χ2n) is 3.09. The average molecular weight is 209 g/mol. The normalized spacial score (nSPS) is 12.9. The van der Waals surface area contributed by atoms with E-state index in [2.05, 4.69) is 53.3 Å². The maximum atomic E-state index is 4.62. The molecule has 1 heterocycles. The Morgan fingerprint density at radius 3 is 2.57 bits per heavy atom. The van der Waals surface area contributed by atoms with Gasteiger partial charge in [-0.1, -0.05) is 18.2 Å².